The number of imide groups is 1. The Balaban J connectivity index is 1.99. The van der Waals surface area contributed by atoms with Crippen molar-refractivity contribution in [3.05, 3.63) is 0 Å². The molecule has 0 aromatic carbocycles. The number of β-amino-alcohol motifs (C(OH)–C–C–N with tert-alkyl or cyclic N) is 1. The second-order valence-corrected chi connectivity index (χ2v) is 5.32. The van der Waals surface area contributed by atoms with Crippen molar-refractivity contribution in [2.75, 3.05) is 6.54 Å². The number of carboxylic acid groups (broad SMARTS) is 1. The van der Waals surface area contributed by atoms with Gasteiger partial charge in [0.25, 0.3) is 0 Å². The van der Waals surface area contributed by atoms with Crippen LogP contribution < -0.4 is 0 Å². The maximum absolute atomic E-state index is 11.8. The molecule has 1 aliphatic heterocycles. The number of amides is 2. The molecule has 1 aliphatic carbocycles. The fourth-order valence-corrected chi connectivity index (χ4v) is 2.66. The van der Waals surface area contributed by atoms with E-state index >= 15 is 0 Å². The van der Waals surface area contributed by atoms with Gasteiger partial charge < -0.3 is 10.2 Å². The Morgan fingerprint density at radius 1 is 1.35 bits per heavy atom. The Kier molecular flexibility index (Phi) is 2.50. The zero-order chi connectivity index (χ0) is 13.0. The number of rotatable bonds is 4. The molecule has 3 atom stereocenters. The Hall–Kier alpha value is -1.43. The van der Waals surface area contributed by atoms with E-state index < -0.39 is 18.5 Å². The van der Waals surface area contributed by atoms with E-state index in [2.05, 4.69) is 0 Å². The van der Waals surface area contributed by atoms with Crippen LogP contribution in [0.25, 0.3) is 0 Å². The van der Waals surface area contributed by atoms with Gasteiger partial charge in [0, 0.05) is 0 Å². The monoisotopic (exact) mass is 241 g/mol. The van der Waals surface area contributed by atoms with Crippen LogP contribution in [0.2, 0.25) is 0 Å². The number of aliphatic hydroxyl groups is 1. The van der Waals surface area contributed by atoms with Crippen molar-refractivity contribution in [1.82, 2.24) is 4.90 Å². The molecule has 1 saturated carbocycles. The van der Waals surface area contributed by atoms with Gasteiger partial charge in [-0.2, -0.15) is 0 Å². The molecule has 0 aromatic rings. The van der Waals surface area contributed by atoms with Gasteiger partial charge in [-0.05, 0) is 5.41 Å². The number of hydrogen-bond donors (Lipinski definition) is 2. The minimum absolute atomic E-state index is 0.215. The quantitative estimate of drug-likeness (QED) is 0.645. The smallest absolute Gasteiger partial charge is 0.306 e. The van der Waals surface area contributed by atoms with Crippen LogP contribution in [0.1, 0.15) is 20.3 Å². The molecule has 1 heterocycles. The van der Waals surface area contributed by atoms with Crippen LogP contribution in [0.3, 0.4) is 0 Å². The van der Waals surface area contributed by atoms with Gasteiger partial charge in [0.2, 0.25) is 11.8 Å². The molecule has 2 rings (SSSR count). The van der Waals surface area contributed by atoms with Gasteiger partial charge in [-0.3, -0.25) is 19.3 Å². The Morgan fingerprint density at radius 3 is 2.24 bits per heavy atom. The molecule has 0 bridgehead atoms. The van der Waals surface area contributed by atoms with Crippen molar-refractivity contribution in [1.29, 1.82) is 0 Å². The van der Waals surface area contributed by atoms with Gasteiger partial charge in [0.05, 0.1) is 30.9 Å². The molecule has 3 unspecified atom stereocenters. The van der Waals surface area contributed by atoms with E-state index in [1.807, 2.05) is 13.8 Å². The predicted molar refractivity (Wildman–Crippen MR) is 55.7 cm³/mol. The SMILES string of the molecule is CC1(C)C2C(=O)N(CC(O)CC(=O)O)C(=O)C21. The van der Waals surface area contributed by atoms with Crippen LogP contribution in [0.4, 0.5) is 0 Å². The molecule has 0 aromatic heterocycles. The highest BCUT2D eigenvalue weighted by atomic mass is 16.4. The number of carbonyl (C=O) groups is 3. The molecule has 2 amide bonds. The van der Waals surface area contributed by atoms with Gasteiger partial charge in [-0.1, -0.05) is 13.8 Å². The van der Waals surface area contributed by atoms with Crippen LogP contribution in [0, 0.1) is 17.3 Å². The molecule has 2 N–H and O–H groups in total. The highest BCUT2D eigenvalue weighted by Gasteiger charge is 2.72. The minimum Gasteiger partial charge on any atom is -0.481 e. The van der Waals surface area contributed by atoms with E-state index in [0.29, 0.717) is 0 Å². The third-order valence-electron chi connectivity index (χ3n) is 3.70. The molecule has 2 fully saturated rings. The Bertz CT molecular complexity index is 379. The molecule has 6 nitrogen and oxygen atoms in total. The number of piperidine rings is 1. The molecular formula is C11H15NO5. The lowest BCUT2D eigenvalue weighted by Crippen LogP contribution is -2.41. The maximum Gasteiger partial charge on any atom is 0.306 e. The van der Waals surface area contributed by atoms with Crippen molar-refractivity contribution < 1.29 is 24.6 Å². The number of nitrogens with zero attached hydrogens (tertiary/aromatic N) is 1. The van der Waals surface area contributed by atoms with Crippen LogP contribution >= 0.6 is 0 Å². The highest BCUT2D eigenvalue weighted by molar-refractivity contribution is 6.10. The number of aliphatic carboxylic acids is 1. The first-order chi connectivity index (χ1) is 7.76. The summed E-state index contributed by atoms with van der Waals surface area (Å²) in [6, 6.07) is 0. The average Bonchev–Trinajstić information content (AvgIpc) is 2.64. The molecule has 17 heavy (non-hydrogen) atoms. The summed E-state index contributed by atoms with van der Waals surface area (Å²) in [5.41, 5.74) is -0.275. The van der Waals surface area contributed by atoms with Gasteiger partial charge in [0.1, 0.15) is 0 Å². The standard InChI is InChI=1S/C11H15NO5/c1-11(2)7-8(11)10(17)12(9(7)16)4-5(13)3-6(14)15/h5,7-8,13H,3-4H2,1-2H3,(H,14,15). The molecular weight excluding hydrogens is 226 g/mol. The summed E-state index contributed by atoms with van der Waals surface area (Å²) in [6.45, 7) is 3.51. The topological polar surface area (TPSA) is 94.9 Å². The zero-order valence-electron chi connectivity index (χ0n) is 9.71. The second-order valence-electron chi connectivity index (χ2n) is 5.32. The molecule has 0 spiro atoms. The van der Waals surface area contributed by atoms with Gasteiger partial charge in [-0.25, -0.2) is 0 Å². The zero-order valence-corrected chi connectivity index (χ0v) is 9.71. The van der Waals surface area contributed by atoms with Crippen molar-refractivity contribution in [3.63, 3.8) is 0 Å². The normalized spacial score (nSPS) is 31.4. The van der Waals surface area contributed by atoms with E-state index in [0.717, 1.165) is 4.90 Å². The Labute approximate surface area is 98.2 Å². The van der Waals surface area contributed by atoms with E-state index in [4.69, 9.17) is 5.11 Å². The van der Waals surface area contributed by atoms with Gasteiger partial charge in [0.15, 0.2) is 0 Å². The number of aliphatic hydroxyl groups excluding tert-OH is 1. The van der Waals surface area contributed by atoms with E-state index in [-0.39, 0.29) is 35.6 Å². The lowest BCUT2D eigenvalue weighted by Gasteiger charge is -2.22. The molecule has 0 radical (unpaired) electrons. The van der Waals surface area contributed by atoms with Crippen molar-refractivity contribution >= 4 is 17.8 Å². The van der Waals surface area contributed by atoms with Crippen LogP contribution in [0.5, 0.6) is 0 Å². The van der Waals surface area contributed by atoms with E-state index in [9.17, 15) is 19.5 Å². The lowest BCUT2D eigenvalue weighted by atomic mass is 10.1. The summed E-state index contributed by atoms with van der Waals surface area (Å²) in [5.74, 6) is -2.29. The summed E-state index contributed by atoms with van der Waals surface area (Å²) < 4.78 is 0. The molecule has 2 aliphatic rings. The number of carboxylic acids is 1. The minimum atomic E-state index is -1.19. The number of fused-ring (bicyclic) bond motifs is 1. The molecule has 6 heteroatoms. The summed E-state index contributed by atoms with van der Waals surface area (Å²) in [5, 5.41) is 17.9. The fraction of sp³-hybridized carbons (Fsp3) is 0.727. The third kappa shape index (κ3) is 1.72. The first kappa shape index (κ1) is 12.0. The summed E-state index contributed by atoms with van der Waals surface area (Å²) in [7, 11) is 0. The average molecular weight is 241 g/mol. The first-order valence-electron chi connectivity index (χ1n) is 5.52. The molecule has 94 valence electrons. The maximum atomic E-state index is 11.8. The predicted octanol–water partition coefficient (Wildman–Crippen LogP) is -0.537. The van der Waals surface area contributed by atoms with Crippen LogP contribution in [-0.4, -0.2) is 45.5 Å². The second kappa shape index (κ2) is 3.53. The summed E-state index contributed by atoms with van der Waals surface area (Å²) in [4.78, 5) is 35.1. The largest absolute Gasteiger partial charge is 0.481 e. The highest BCUT2D eigenvalue weighted by Crippen LogP contribution is 2.63. The fourth-order valence-electron chi connectivity index (χ4n) is 2.66. The van der Waals surface area contributed by atoms with Gasteiger partial charge >= 0.3 is 5.97 Å². The number of carbonyl (C=O) groups excluding carboxylic acids is 2. The van der Waals surface area contributed by atoms with Crippen LogP contribution in [0.15, 0.2) is 0 Å². The summed E-state index contributed by atoms with van der Waals surface area (Å²) in [6.07, 6.45) is -1.66. The van der Waals surface area contributed by atoms with Crippen LogP contribution in [-0.2, 0) is 14.4 Å². The van der Waals surface area contributed by atoms with E-state index in [1.54, 1.807) is 0 Å². The lowest BCUT2D eigenvalue weighted by molar-refractivity contribution is -0.147. The van der Waals surface area contributed by atoms with E-state index in [1.165, 1.54) is 0 Å². The van der Waals surface area contributed by atoms with Crippen molar-refractivity contribution in [3.8, 4) is 0 Å². The summed E-state index contributed by atoms with van der Waals surface area (Å²) >= 11 is 0. The van der Waals surface area contributed by atoms with Crippen molar-refractivity contribution in [2.45, 2.75) is 26.4 Å². The van der Waals surface area contributed by atoms with Crippen molar-refractivity contribution in [2.24, 2.45) is 17.3 Å². The number of likely N-dealkylation sites (tertiary alicyclic amines) is 1. The first-order valence-corrected chi connectivity index (χ1v) is 5.52. The number of hydrogen-bond acceptors (Lipinski definition) is 4. The van der Waals surface area contributed by atoms with Gasteiger partial charge in [-0.15, -0.1) is 0 Å². The third-order valence-corrected chi connectivity index (χ3v) is 3.70. The molecule has 1 saturated heterocycles. The Morgan fingerprint density at radius 2 is 1.82 bits per heavy atom.